The first kappa shape index (κ1) is 15.2. The maximum absolute atomic E-state index is 12.1. The van der Waals surface area contributed by atoms with Gasteiger partial charge in [0.2, 0.25) is 0 Å². The molecular formula is C16H16ClNO3. The highest BCUT2D eigenvalue weighted by Crippen LogP contribution is 2.26. The van der Waals surface area contributed by atoms with Crippen molar-refractivity contribution < 1.29 is 14.6 Å². The number of benzene rings is 2. The summed E-state index contributed by atoms with van der Waals surface area (Å²) in [6, 6.07) is 11.9. The fourth-order valence-corrected chi connectivity index (χ4v) is 1.89. The van der Waals surface area contributed by atoms with E-state index in [4.69, 9.17) is 16.3 Å². The summed E-state index contributed by atoms with van der Waals surface area (Å²) in [5, 5.41) is 12.7. The summed E-state index contributed by atoms with van der Waals surface area (Å²) >= 11 is 5.83. The number of phenolic OH excluding ortho intramolecular Hbond substituents is 1. The van der Waals surface area contributed by atoms with E-state index in [1.807, 2.05) is 19.1 Å². The summed E-state index contributed by atoms with van der Waals surface area (Å²) in [4.78, 5) is 12.1. The molecule has 110 valence electrons. The lowest BCUT2D eigenvalue weighted by Gasteiger charge is -2.15. The standard InChI is InChI=1S/C16H16ClNO3/c1-10-3-6-13(7-4-10)21-11(2)16(20)18-14-9-12(17)5-8-15(14)19/h3-9,11,19H,1-2H3,(H,18,20)/t11-/m0/s1. The van der Waals surface area contributed by atoms with Crippen LogP contribution in [-0.4, -0.2) is 17.1 Å². The zero-order valence-corrected chi connectivity index (χ0v) is 12.5. The largest absolute Gasteiger partial charge is 0.506 e. The average Bonchev–Trinajstić information content (AvgIpc) is 2.45. The molecule has 2 aromatic carbocycles. The van der Waals surface area contributed by atoms with Gasteiger partial charge in [0.05, 0.1) is 5.69 Å². The normalized spacial score (nSPS) is 11.8. The number of ether oxygens (including phenoxy) is 1. The topological polar surface area (TPSA) is 58.6 Å². The van der Waals surface area contributed by atoms with Gasteiger partial charge < -0.3 is 15.2 Å². The van der Waals surface area contributed by atoms with E-state index in [0.717, 1.165) is 5.56 Å². The number of carbonyl (C=O) groups is 1. The van der Waals surface area contributed by atoms with E-state index in [2.05, 4.69) is 5.32 Å². The lowest BCUT2D eigenvalue weighted by Crippen LogP contribution is -2.30. The molecule has 2 rings (SSSR count). The van der Waals surface area contributed by atoms with Crippen molar-refractivity contribution >= 4 is 23.2 Å². The number of rotatable bonds is 4. The van der Waals surface area contributed by atoms with Crippen LogP contribution < -0.4 is 10.1 Å². The predicted molar refractivity (Wildman–Crippen MR) is 83.0 cm³/mol. The van der Waals surface area contributed by atoms with Crippen LogP contribution in [0, 0.1) is 6.92 Å². The van der Waals surface area contributed by atoms with Crippen LogP contribution in [0.15, 0.2) is 42.5 Å². The molecule has 21 heavy (non-hydrogen) atoms. The van der Waals surface area contributed by atoms with Gasteiger partial charge in [-0.1, -0.05) is 29.3 Å². The lowest BCUT2D eigenvalue weighted by atomic mass is 10.2. The number of nitrogens with one attached hydrogen (secondary N) is 1. The zero-order valence-electron chi connectivity index (χ0n) is 11.8. The smallest absolute Gasteiger partial charge is 0.265 e. The summed E-state index contributed by atoms with van der Waals surface area (Å²) in [5.74, 6) is 0.196. The maximum Gasteiger partial charge on any atom is 0.265 e. The minimum absolute atomic E-state index is 0.0460. The molecule has 1 amide bonds. The number of carbonyl (C=O) groups excluding carboxylic acids is 1. The summed E-state index contributed by atoms with van der Waals surface area (Å²) in [6.45, 7) is 3.61. The van der Waals surface area contributed by atoms with Crippen molar-refractivity contribution in [2.75, 3.05) is 5.32 Å². The molecule has 0 heterocycles. The first-order valence-electron chi connectivity index (χ1n) is 6.48. The summed E-state index contributed by atoms with van der Waals surface area (Å²) in [7, 11) is 0. The third-order valence-corrected chi connectivity index (χ3v) is 3.15. The molecule has 0 aliphatic carbocycles. The second kappa shape index (κ2) is 6.50. The van der Waals surface area contributed by atoms with Gasteiger partial charge in [-0.2, -0.15) is 0 Å². The molecule has 0 fully saturated rings. The van der Waals surface area contributed by atoms with Crippen LogP contribution >= 0.6 is 11.6 Å². The Kier molecular flexibility index (Phi) is 4.70. The van der Waals surface area contributed by atoms with E-state index < -0.39 is 6.10 Å². The van der Waals surface area contributed by atoms with Gasteiger partial charge in [0.15, 0.2) is 6.10 Å². The predicted octanol–water partition coefficient (Wildman–Crippen LogP) is 3.76. The molecule has 0 spiro atoms. The second-order valence-corrected chi connectivity index (χ2v) is 5.16. The molecule has 1 atom stereocenters. The number of halogens is 1. The minimum atomic E-state index is -0.703. The average molecular weight is 306 g/mol. The number of anilines is 1. The lowest BCUT2D eigenvalue weighted by molar-refractivity contribution is -0.122. The van der Waals surface area contributed by atoms with Gasteiger partial charge in [-0.15, -0.1) is 0 Å². The van der Waals surface area contributed by atoms with Crippen molar-refractivity contribution in [3.63, 3.8) is 0 Å². The van der Waals surface area contributed by atoms with Crippen LogP contribution in [0.4, 0.5) is 5.69 Å². The van der Waals surface area contributed by atoms with Gasteiger partial charge in [-0.25, -0.2) is 0 Å². The molecule has 0 aliphatic heterocycles. The van der Waals surface area contributed by atoms with Crippen molar-refractivity contribution in [3.05, 3.63) is 53.1 Å². The number of hydrogen-bond donors (Lipinski definition) is 2. The van der Waals surface area contributed by atoms with E-state index in [-0.39, 0.29) is 17.3 Å². The zero-order chi connectivity index (χ0) is 15.4. The highest BCUT2D eigenvalue weighted by molar-refractivity contribution is 6.31. The fourth-order valence-electron chi connectivity index (χ4n) is 1.72. The van der Waals surface area contributed by atoms with Crippen LogP contribution in [0.5, 0.6) is 11.5 Å². The van der Waals surface area contributed by atoms with Gasteiger partial charge in [0, 0.05) is 5.02 Å². The maximum atomic E-state index is 12.1. The molecular weight excluding hydrogens is 290 g/mol. The van der Waals surface area contributed by atoms with Crippen molar-refractivity contribution in [1.29, 1.82) is 0 Å². The van der Waals surface area contributed by atoms with Crippen molar-refractivity contribution in [3.8, 4) is 11.5 Å². The van der Waals surface area contributed by atoms with Gasteiger partial charge in [0.25, 0.3) is 5.91 Å². The highest BCUT2D eigenvalue weighted by atomic mass is 35.5. The molecule has 0 aliphatic rings. The highest BCUT2D eigenvalue weighted by Gasteiger charge is 2.16. The Labute approximate surface area is 128 Å². The van der Waals surface area contributed by atoms with Crippen LogP contribution in [0.3, 0.4) is 0 Å². The molecule has 5 heteroatoms. The third-order valence-electron chi connectivity index (χ3n) is 2.92. The van der Waals surface area contributed by atoms with E-state index in [1.54, 1.807) is 25.1 Å². The number of aryl methyl sites for hydroxylation is 1. The van der Waals surface area contributed by atoms with Gasteiger partial charge in [-0.05, 0) is 44.2 Å². The molecule has 0 saturated carbocycles. The Hall–Kier alpha value is -2.20. The Morgan fingerprint density at radius 3 is 2.57 bits per heavy atom. The van der Waals surface area contributed by atoms with Gasteiger partial charge >= 0.3 is 0 Å². The Morgan fingerprint density at radius 2 is 1.90 bits per heavy atom. The molecule has 0 aromatic heterocycles. The quantitative estimate of drug-likeness (QED) is 0.846. The summed E-state index contributed by atoms with van der Waals surface area (Å²) in [5.41, 5.74) is 1.37. The molecule has 0 saturated heterocycles. The van der Waals surface area contributed by atoms with Gasteiger partial charge in [0.1, 0.15) is 11.5 Å². The molecule has 2 aromatic rings. The fraction of sp³-hybridized carbons (Fsp3) is 0.188. The molecule has 0 bridgehead atoms. The van der Waals surface area contributed by atoms with Crippen molar-refractivity contribution in [1.82, 2.24) is 0 Å². The molecule has 0 unspecified atom stereocenters. The Balaban J connectivity index is 2.02. The number of phenols is 1. The van der Waals surface area contributed by atoms with E-state index >= 15 is 0 Å². The summed E-state index contributed by atoms with van der Waals surface area (Å²) < 4.78 is 5.55. The van der Waals surface area contributed by atoms with E-state index in [1.165, 1.54) is 12.1 Å². The number of aromatic hydroxyl groups is 1. The number of hydrogen-bond acceptors (Lipinski definition) is 3. The van der Waals surface area contributed by atoms with Crippen molar-refractivity contribution in [2.24, 2.45) is 0 Å². The Morgan fingerprint density at radius 1 is 1.24 bits per heavy atom. The summed E-state index contributed by atoms with van der Waals surface area (Å²) in [6.07, 6.45) is -0.703. The molecule has 4 nitrogen and oxygen atoms in total. The first-order chi connectivity index (χ1) is 9.95. The van der Waals surface area contributed by atoms with Crippen LogP contribution in [0.2, 0.25) is 5.02 Å². The minimum Gasteiger partial charge on any atom is -0.506 e. The van der Waals surface area contributed by atoms with E-state index in [9.17, 15) is 9.90 Å². The second-order valence-electron chi connectivity index (χ2n) is 4.72. The first-order valence-corrected chi connectivity index (χ1v) is 6.86. The number of amides is 1. The molecule has 2 N–H and O–H groups in total. The van der Waals surface area contributed by atoms with Crippen LogP contribution in [-0.2, 0) is 4.79 Å². The Bertz CT molecular complexity index is 640. The molecule has 0 radical (unpaired) electrons. The van der Waals surface area contributed by atoms with E-state index in [0.29, 0.717) is 10.8 Å². The van der Waals surface area contributed by atoms with Gasteiger partial charge in [-0.3, -0.25) is 4.79 Å². The SMILES string of the molecule is Cc1ccc(O[C@@H](C)C(=O)Nc2cc(Cl)ccc2O)cc1. The third kappa shape index (κ3) is 4.13. The van der Waals surface area contributed by atoms with Crippen molar-refractivity contribution in [2.45, 2.75) is 20.0 Å². The van der Waals surface area contributed by atoms with Crippen LogP contribution in [0.1, 0.15) is 12.5 Å². The van der Waals surface area contributed by atoms with Crippen LogP contribution in [0.25, 0.3) is 0 Å². The monoisotopic (exact) mass is 305 g/mol.